The summed E-state index contributed by atoms with van der Waals surface area (Å²) in [5.41, 5.74) is -0.628. The van der Waals surface area contributed by atoms with Crippen molar-refractivity contribution in [3.63, 3.8) is 0 Å². The van der Waals surface area contributed by atoms with Crippen molar-refractivity contribution >= 4 is 27.6 Å². The van der Waals surface area contributed by atoms with Gasteiger partial charge in [0.15, 0.2) is 0 Å². The maximum absolute atomic E-state index is 12.2. The number of carboxylic acids is 1. The van der Waals surface area contributed by atoms with Gasteiger partial charge < -0.3 is 10.4 Å². The van der Waals surface area contributed by atoms with Crippen LogP contribution >= 0.6 is 0 Å². The lowest BCUT2D eigenvalue weighted by atomic mass is 10.1. The van der Waals surface area contributed by atoms with E-state index >= 15 is 0 Å². The maximum Gasteiger partial charge on any atom is 0.336 e. The second-order valence-electron chi connectivity index (χ2n) is 5.16. The van der Waals surface area contributed by atoms with Gasteiger partial charge in [-0.1, -0.05) is 12.1 Å². The van der Waals surface area contributed by atoms with Crippen molar-refractivity contribution in [1.82, 2.24) is 5.32 Å². The molecule has 0 fully saturated rings. The summed E-state index contributed by atoms with van der Waals surface area (Å²) in [7, 11) is -3.84. The number of amides is 1. The number of non-ortho nitro benzene ring substituents is 1. The van der Waals surface area contributed by atoms with E-state index in [1.54, 1.807) is 0 Å². The number of carbonyl (C=O) groups is 2. The molecule has 0 heterocycles. The molecule has 0 saturated carbocycles. The van der Waals surface area contributed by atoms with Crippen LogP contribution in [0.5, 0.6) is 0 Å². The van der Waals surface area contributed by atoms with Crippen LogP contribution in [-0.4, -0.2) is 30.3 Å². The SMILES string of the molecule is NS(=O)(=O)c1ccc(CNC(=O)c2cc([N+](=O)[O-])ccc2C(=O)O)cc1. The van der Waals surface area contributed by atoms with Crippen LogP contribution in [0, 0.1) is 10.1 Å². The molecule has 2 aromatic rings. The molecule has 26 heavy (non-hydrogen) atoms. The van der Waals surface area contributed by atoms with Crippen LogP contribution in [0.3, 0.4) is 0 Å². The number of hydrogen-bond donors (Lipinski definition) is 3. The molecule has 0 aliphatic rings. The molecule has 10 nitrogen and oxygen atoms in total. The van der Waals surface area contributed by atoms with E-state index in [2.05, 4.69) is 5.32 Å². The Balaban J connectivity index is 2.20. The first-order valence-electron chi connectivity index (χ1n) is 7.01. The molecule has 0 saturated heterocycles. The molecule has 1 amide bonds. The van der Waals surface area contributed by atoms with Crippen molar-refractivity contribution < 1.29 is 28.0 Å². The third-order valence-corrected chi connectivity index (χ3v) is 4.32. The minimum Gasteiger partial charge on any atom is -0.478 e. The first-order valence-corrected chi connectivity index (χ1v) is 8.56. The van der Waals surface area contributed by atoms with E-state index in [9.17, 15) is 28.1 Å². The highest BCUT2D eigenvalue weighted by molar-refractivity contribution is 7.89. The number of carboxylic acid groups (broad SMARTS) is 1. The molecule has 2 aromatic carbocycles. The second-order valence-corrected chi connectivity index (χ2v) is 6.73. The van der Waals surface area contributed by atoms with Gasteiger partial charge in [0.2, 0.25) is 10.0 Å². The molecule has 4 N–H and O–H groups in total. The molecule has 0 aromatic heterocycles. The number of nitrogens with two attached hydrogens (primary N) is 1. The third-order valence-electron chi connectivity index (χ3n) is 3.39. The largest absolute Gasteiger partial charge is 0.478 e. The van der Waals surface area contributed by atoms with Crippen molar-refractivity contribution in [3.8, 4) is 0 Å². The van der Waals surface area contributed by atoms with Gasteiger partial charge in [-0.15, -0.1) is 0 Å². The van der Waals surface area contributed by atoms with Crippen molar-refractivity contribution in [2.24, 2.45) is 5.14 Å². The number of carbonyl (C=O) groups excluding carboxylic acids is 1. The van der Waals surface area contributed by atoms with Crippen LogP contribution < -0.4 is 10.5 Å². The molecule has 11 heteroatoms. The van der Waals surface area contributed by atoms with Gasteiger partial charge in [-0.05, 0) is 23.8 Å². The Hall–Kier alpha value is -3.31. The number of benzene rings is 2. The fraction of sp³-hybridized carbons (Fsp3) is 0.0667. The summed E-state index contributed by atoms with van der Waals surface area (Å²) in [4.78, 5) is 33.4. The van der Waals surface area contributed by atoms with Crippen molar-refractivity contribution in [2.45, 2.75) is 11.4 Å². The van der Waals surface area contributed by atoms with E-state index in [1.165, 1.54) is 24.3 Å². The summed E-state index contributed by atoms with van der Waals surface area (Å²) in [5, 5.41) is 27.3. The van der Waals surface area contributed by atoms with Gasteiger partial charge in [0.25, 0.3) is 11.6 Å². The molecule has 0 unspecified atom stereocenters. The zero-order chi connectivity index (χ0) is 19.5. The standard InChI is InChI=1S/C15H13N3O7S/c16-26(24,25)11-4-1-9(2-5-11)8-17-14(19)13-7-10(18(22)23)3-6-12(13)15(20)21/h1-7H,8H2,(H,17,19)(H,20,21)(H2,16,24,25). The number of aromatic carboxylic acids is 1. The minimum absolute atomic E-state index is 0.0501. The Labute approximate surface area is 147 Å². The van der Waals surface area contributed by atoms with Crippen LogP contribution in [0.1, 0.15) is 26.3 Å². The highest BCUT2D eigenvalue weighted by atomic mass is 32.2. The smallest absolute Gasteiger partial charge is 0.336 e. The number of primary sulfonamides is 1. The van der Waals surface area contributed by atoms with E-state index in [-0.39, 0.29) is 22.6 Å². The van der Waals surface area contributed by atoms with Crippen molar-refractivity contribution in [3.05, 3.63) is 69.3 Å². The molecule has 0 aliphatic carbocycles. The molecule has 0 atom stereocenters. The Bertz CT molecular complexity index is 985. The second kappa shape index (κ2) is 7.29. The normalized spacial score (nSPS) is 11.0. The predicted molar refractivity (Wildman–Crippen MR) is 89.0 cm³/mol. The molecule has 0 aliphatic heterocycles. The number of nitro groups is 1. The summed E-state index contributed by atoms with van der Waals surface area (Å²) in [5.74, 6) is -2.22. The van der Waals surface area contributed by atoms with Crippen molar-refractivity contribution in [1.29, 1.82) is 0 Å². The minimum atomic E-state index is -3.84. The number of sulfonamides is 1. The molecular weight excluding hydrogens is 366 g/mol. The average Bonchev–Trinajstić information content (AvgIpc) is 2.58. The molecular formula is C15H13N3O7S. The summed E-state index contributed by atoms with van der Waals surface area (Å²) >= 11 is 0. The topological polar surface area (TPSA) is 170 Å². The van der Waals surface area contributed by atoms with Gasteiger partial charge in [-0.25, -0.2) is 18.4 Å². The first-order chi connectivity index (χ1) is 12.1. The zero-order valence-electron chi connectivity index (χ0n) is 13.1. The number of hydrogen-bond acceptors (Lipinski definition) is 6. The summed E-state index contributed by atoms with van der Waals surface area (Å²) in [6, 6.07) is 8.21. The molecule has 0 spiro atoms. The van der Waals surface area contributed by atoms with Crippen LogP contribution in [0.15, 0.2) is 47.4 Å². The van der Waals surface area contributed by atoms with Crippen LogP contribution in [0.4, 0.5) is 5.69 Å². The van der Waals surface area contributed by atoms with Gasteiger partial charge in [0, 0.05) is 18.7 Å². The van der Waals surface area contributed by atoms with Gasteiger partial charge in [-0.3, -0.25) is 14.9 Å². The molecule has 136 valence electrons. The fourth-order valence-electron chi connectivity index (χ4n) is 2.09. The molecule has 0 radical (unpaired) electrons. The number of rotatable bonds is 6. The lowest BCUT2D eigenvalue weighted by molar-refractivity contribution is -0.384. The molecule has 0 bridgehead atoms. The fourth-order valence-corrected chi connectivity index (χ4v) is 2.61. The Morgan fingerprint density at radius 1 is 1.12 bits per heavy atom. The van der Waals surface area contributed by atoms with Gasteiger partial charge in [0.05, 0.1) is 20.9 Å². The number of nitro benzene ring substituents is 1. The predicted octanol–water partition coefficient (Wildman–Crippen LogP) is 0.870. The first kappa shape index (κ1) is 19.0. The van der Waals surface area contributed by atoms with Crippen molar-refractivity contribution in [2.75, 3.05) is 0 Å². The van der Waals surface area contributed by atoms with E-state index in [1.807, 2.05) is 0 Å². The highest BCUT2D eigenvalue weighted by Gasteiger charge is 2.20. The van der Waals surface area contributed by atoms with Crippen LogP contribution in [0.25, 0.3) is 0 Å². The van der Waals surface area contributed by atoms with E-state index < -0.39 is 32.5 Å². The monoisotopic (exact) mass is 379 g/mol. The zero-order valence-corrected chi connectivity index (χ0v) is 13.9. The average molecular weight is 379 g/mol. The Kier molecular flexibility index (Phi) is 5.33. The highest BCUT2D eigenvalue weighted by Crippen LogP contribution is 2.18. The summed E-state index contributed by atoms with van der Waals surface area (Å²) in [6.45, 7) is -0.0501. The van der Waals surface area contributed by atoms with Gasteiger partial charge in [-0.2, -0.15) is 0 Å². The Morgan fingerprint density at radius 3 is 2.23 bits per heavy atom. The van der Waals surface area contributed by atoms with E-state index in [0.717, 1.165) is 18.2 Å². The van der Waals surface area contributed by atoms with Gasteiger partial charge >= 0.3 is 5.97 Å². The number of nitrogens with one attached hydrogen (secondary N) is 1. The van der Waals surface area contributed by atoms with Crippen LogP contribution in [0.2, 0.25) is 0 Å². The summed E-state index contributed by atoms with van der Waals surface area (Å²) in [6.07, 6.45) is 0. The quantitative estimate of drug-likeness (QED) is 0.494. The maximum atomic E-state index is 12.2. The number of nitrogens with zero attached hydrogens (tertiary/aromatic N) is 1. The van der Waals surface area contributed by atoms with Crippen LogP contribution in [-0.2, 0) is 16.6 Å². The lowest BCUT2D eigenvalue weighted by Crippen LogP contribution is -2.25. The summed E-state index contributed by atoms with van der Waals surface area (Å²) < 4.78 is 22.4. The lowest BCUT2D eigenvalue weighted by Gasteiger charge is -2.08. The Morgan fingerprint density at radius 2 is 1.73 bits per heavy atom. The van der Waals surface area contributed by atoms with Gasteiger partial charge in [0.1, 0.15) is 0 Å². The van der Waals surface area contributed by atoms with E-state index in [4.69, 9.17) is 10.2 Å². The molecule has 2 rings (SSSR count). The van der Waals surface area contributed by atoms with E-state index in [0.29, 0.717) is 5.56 Å². The third kappa shape index (κ3) is 4.40.